The van der Waals surface area contributed by atoms with Crippen molar-refractivity contribution in [3.05, 3.63) is 35.9 Å². The third-order valence-corrected chi connectivity index (χ3v) is 4.27. The van der Waals surface area contributed by atoms with Crippen molar-refractivity contribution in [1.29, 1.82) is 0 Å². The summed E-state index contributed by atoms with van der Waals surface area (Å²) in [6, 6.07) is 9.59. The number of hydrogen-bond acceptors (Lipinski definition) is 3. The lowest BCUT2D eigenvalue weighted by Gasteiger charge is -2.36. The highest BCUT2D eigenvalue weighted by Crippen LogP contribution is 2.30. The molecule has 1 aliphatic carbocycles. The summed E-state index contributed by atoms with van der Waals surface area (Å²) in [6.45, 7) is 2.51. The van der Waals surface area contributed by atoms with Crippen LogP contribution in [0.15, 0.2) is 30.3 Å². The standard InChI is InChI=1S/C17H26N2O3/c1-13(20)10-15(14-6-3-2-4-7-14)11-18-16(21)19-12-17(22)8-5-9-17/h2-4,6-7,13,15,20,22H,5,8-12H2,1H3,(H2,18,19,21). The quantitative estimate of drug-likeness (QED) is 0.619. The fraction of sp³-hybridized carbons (Fsp3) is 0.588. The summed E-state index contributed by atoms with van der Waals surface area (Å²) >= 11 is 0. The van der Waals surface area contributed by atoms with Crippen LogP contribution in [0.4, 0.5) is 4.79 Å². The summed E-state index contributed by atoms with van der Waals surface area (Å²) in [5.41, 5.74) is 0.386. The number of aliphatic hydroxyl groups is 2. The molecule has 4 N–H and O–H groups in total. The van der Waals surface area contributed by atoms with Gasteiger partial charge in [-0.3, -0.25) is 0 Å². The van der Waals surface area contributed by atoms with Gasteiger partial charge in [0.1, 0.15) is 0 Å². The molecule has 0 spiro atoms. The van der Waals surface area contributed by atoms with Gasteiger partial charge in [0, 0.05) is 19.0 Å². The maximum absolute atomic E-state index is 11.9. The molecular weight excluding hydrogens is 280 g/mol. The molecule has 0 saturated heterocycles. The number of hydrogen-bond donors (Lipinski definition) is 4. The lowest BCUT2D eigenvalue weighted by Crippen LogP contribution is -2.50. The van der Waals surface area contributed by atoms with Crippen molar-refractivity contribution in [1.82, 2.24) is 10.6 Å². The molecule has 1 aromatic carbocycles. The van der Waals surface area contributed by atoms with E-state index in [4.69, 9.17) is 0 Å². The number of benzene rings is 1. The van der Waals surface area contributed by atoms with E-state index in [-0.39, 0.29) is 11.9 Å². The topological polar surface area (TPSA) is 81.6 Å². The molecule has 0 radical (unpaired) electrons. The number of amides is 2. The van der Waals surface area contributed by atoms with Gasteiger partial charge in [-0.25, -0.2) is 4.79 Å². The number of urea groups is 1. The van der Waals surface area contributed by atoms with Gasteiger partial charge in [-0.1, -0.05) is 30.3 Å². The molecule has 2 atom stereocenters. The second-order valence-corrected chi connectivity index (χ2v) is 6.33. The van der Waals surface area contributed by atoms with Gasteiger partial charge >= 0.3 is 6.03 Å². The first-order valence-corrected chi connectivity index (χ1v) is 7.96. The highest BCUT2D eigenvalue weighted by Gasteiger charge is 2.34. The van der Waals surface area contributed by atoms with Crippen LogP contribution in [0.1, 0.15) is 44.1 Å². The molecule has 22 heavy (non-hydrogen) atoms. The third kappa shape index (κ3) is 5.00. The summed E-state index contributed by atoms with van der Waals surface area (Å²) in [6.07, 6.45) is 2.69. The first-order valence-electron chi connectivity index (χ1n) is 7.96. The number of carbonyl (C=O) groups is 1. The van der Waals surface area contributed by atoms with Crippen molar-refractivity contribution in [3.8, 4) is 0 Å². The van der Waals surface area contributed by atoms with Crippen molar-refractivity contribution in [3.63, 3.8) is 0 Å². The maximum atomic E-state index is 11.9. The van der Waals surface area contributed by atoms with E-state index in [0.29, 0.717) is 19.5 Å². The minimum Gasteiger partial charge on any atom is -0.393 e. The fourth-order valence-corrected chi connectivity index (χ4v) is 2.76. The Morgan fingerprint density at radius 3 is 2.50 bits per heavy atom. The van der Waals surface area contributed by atoms with Crippen LogP contribution < -0.4 is 10.6 Å². The van der Waals surface area contributed by atoms with Gasteiger partial charge in [-0.2, -0.15) is 0 Å². The van der Waals surface area contributed by atoms with E-state index >= 15 is 0 Å². The van der Waals surface area contributed by atoms with Gasteiger partial charge < -0.3 is 20.8 Å². The molecule has 0 heterocycles. The van der Waals surface area contributed by atoms with E-state index in [1.54, 1.807) is 6.92 Å². The van der Waals surface area contributed by atoms with E-state index in [1.165, 1.54) is 0 Å². The Kier molecular flexibility index (Phi) is 5.80. The lowest BCUT2D eigenvalue weighted by molar-refractivity contribution is -0.0290. The molecule has 0 aliphatic heterocycles. The smallest absolute Gasteiger partial charge is 0.314 e. The predicted molar refractivity (Wildman–Crippen MR) is 85.7 cm³/mol. The van der Waals surface area contributed by atoms with Gasteiger partial charge in [0.25, 0.3) is 0 Å². The van der Waals surface area contributed by atoms with Crippen LogP contribution >= 0.6 is 0 Å². The molecule has 5 nitrogen and oxygen atoms in total. The molecule has 1 saturated carbocycles. The normalized spacial score (nSPS) is 18.9. The van der Waals surface area contributed by atoms with Crippen LogP contribution in [-0.4, -0.2) is 41.0 Å². The van der Waals surface area contributed by atoms with Gasteiger partial charge in [0.2, 0.25) is 0 Å². The van der Waals surface area contributed by atoms with Crippen molar-refractivity contribution in [2.24, 2.45) is 0 Å². The van der Waals surface area contributed by atoms with Crippen molar-refractivity contribution in [2.75, 3.05) is 13.1 Å². The van der Waals surface area contributed by atoms with E-state index in [0.717, 1.165) is 24.8 Å². The molecule has 2 unspecified atom stereocenters. The summed E-state index contributed by atoms with van der Waals surface area (Å²) in [4.78, 5) is 11.9. The third-order valence-electron chi connectivity index (χ3n) is 4.27. The average molecular weight is 306 g/mol. The van der Waals surface area contributed by atoms with Crippen molar-refractivity contribution in [2.45, 2.75) is 50.2 Å². The number of aliphatic hydroxyl groups excluding tert-OH is 1. The average Bonchev–Trinajstić information content (AvgIpc) is 2.48. The number of rotatable bonds is 7. The van der Waals surface area contributed by atoms with Gasteiger partial charge in [-0.15, -0.1) is 0 Å². The van der Waals surface area contributed by atoms with E-state index in [2.05, 4.69) is 10.6 Å². The Hall–Kier alpha value is -1.59. The fourth-order valence-electron chi connectivity index (χ4n) is 2.76. The van der Waals surface area contributed by atoms with Crippen LogP contribution in [0.2, 0.25) is 0 Å². The summed E-state index contributed by atoms with van der Waals surface area (Å²) in [7, 11) is 0. The Balaban J connectivity index is 1.81. The zero-order valence-corrected chi connectivity index (χ0v) is 13.1. The Morgan fingerprint density at radius 1 is 1.27 bits per heavy atom. The van der Waals surface area contributed by atoms with E-state index in [9.17, 15) is 15.0 Å². The summed E-state index contributed by atoms with van der Waals surface area (Å²) < 4.78 is 0. The van der Waals surface area contributed by atoms with Crippen molar-refractivity contribution >= 4 is 6.03 Å². The minimum absolute atomic E-state index is 0.0683. The summed E-state index contributed by atoms with van der Waals surface area (Å²) in [5.74, 6) is 0.0683. The van der Waals surface area contributed by atoms with Crippen LogP contribution in [0.25, 0.3) is 0 Å². The second kappa shape index (κ2) is 7.61. The molecule has 1 aliphatic rings. The minimum atomic E-state index is -0.713. The molecule has 1 fully saturated rings. The second-order valence-electron chi connectivity index (χ2n) is 6.33. The van der Waals surface area contributed by atoms with Crippen LogP contribution in [0, 0.1) is 0 Å². The molecule has 0 bridgehead atoms. The van der Waals surface area contributed by atoms with Crippen molar-refractivity contribution < 1.29 is 15.0 Å². The Morgan fingerprint density at radius 2 is 1.95 bits per heavy atom. The first-order chi connectivity index (χ1) is 10.5. The van der Waals surface area contributed by atoms with Crippen LogP contribution in [-0.2, 0) is 0 Å². The van der Waals surface area contributed by atoms with E-state index < -0.39 is 11.7 Å². The van der Waals surface area contributed by atoms with Gasteiger partial charge in [0.05, 0.1) is 11.7 Å². The Bertz CT molecular complexity index is 472. The first kappa shape index (κ1) is 16.8. The van der Waals surface area contributed by atoms with E-state index in [1.807, 2.05) is 30.3 Å². The molecule has 122 valence electrons. The van der Waals surface area contributed by atoms with Gasteiger partial charge in [-0.05, 0) is 38.2 Å². The molecule has 2 rings (SSSR count). The van der Waals surface area contributed by atoms with Gasteiger partial charge in [0.15, 0.2) is 0 Å². The maximum Gasteiger partial charge on any atom is 0.314 e. The number of nitrogens with one attached hydrogen (secondary N) is 2. The summed E-state index contributed by atoms with van der Waals surface area (Å²) in [5, 5.41) is 25.2. The molecule has 5 heteroatoms. The lowest BCUT2D eigenvalue weighted by atomic mass is 9.80. The molecule has 1 aromatic rings. The zero-order valence-electron chi connectivity index (χ0n) is 13.1. The van der Waals surface area contributed by atoms with Crippen LogP contribution in [0.3, 0.4) is 0 Å². The molecule has 0 aromatic heterocycles. The SMILES string of the molecule is CC(O)CC(CNC(=O)NCC1(O)CCC1)c1ccccc1. The zero-order chi connectivity index (χ0) is 16.0. The largest absolute Gasteiger partial charge is 0.393 e. The molecular formula is C17H26N2O3. The molecule has 2 amide bonds. The highest BCUT2D eigenvalue weighted by molar-refractivity contribution is 5.74. The van der Waals surface area contributed by atoms with Crippen LogP contribution in [0.5, 0.6) is 0 Å². The monoisotopic (exact) mass is 306 g/mol. The highest BCUT2D eigenvalue weighted by atomic mass is 16.3. The number of carbonyl (C=O) groups excluding carboxylic acids is 1. The predicted octanol–water partition coefficient (Wildman–Crippen LogP) is 1.76. The Labute approximate surface area is 131 Å².